The van der Waals surface area contributed by atoms with E-state index >= 15 is 0 Å². The van der Waals surface area contributed by atoms with E-state index in [1.807, 2.05) is 24.4 Å². The standard InChI is InChI=1S/C22H15Cl2NO3S/c1-12-11-15(24)8-9-16(12)25-19(17-3-2-10-29-17)18(21(27)22(25)28)20(26)13-4-6-14(23)7-5-13/h2-11,19,26H,1H3/b20-18-. The molecule has 2 aromatic carbocycles. The van der Waals surface area contributed by atoms with E-state index in [4.69, 9.17) is 23.2 Å². The summed E-state index contributed by atoms with van der Waals surface area (Å²) >= 11 is 13.4. The van der Waals surface area contributed by atoms with Gasteiger partial charge in [0, 0.05) is 26.2 Å². The number of nitrogens with zero attached hydrogens (tertiary/aromatic N) is 1. The zero-order valence-corrected chi connectivity index (χ0v) is 17.6. The summed E-state index contributed by atoms with van der Waals surface area (Å²) in [6.45, 7) is 1.82. The Morgan fingerprint density at radius 2 is 1.72 bits per heavy atom. The number of Topliss-reactive ketones (excluding diaryl/α,β-unsaturated/α-hetero) is 1. The van der Waals surface area contributed by atoms with Gasteiger partial charge in [-0.1, -0.05) is 29.3 Å². The molecule has 0 spiro atoms. The lowest BCUT2D eigenvalue weighted by Crippen LogP contribution is -2.29. The molecule has 1 atom stereocenters. The minimum absolute atomic E-state index is 0.0501. The highest BCUT2D eigenvalue weighted by molar-refractivity contribution is 7.10. The Hall–Kier alpha value is -2.60. The van der Waals surface area contributed by atoms with Gasteiger partial charge in [-0.05, 0) is 66.4 Å². The Morgan fingerprint density at radius 3 is 2.34 bits per heavy atom. The summed E-state index contributed by atoms with van der Waals surface area (Å²) < 4.78 is 0. The fraction of sp³-hybridized carbons (Fsp3) is 0.0909. The zero-order chi connectivity index (χ0) is 20.7. The average molecular weight is 444 g/mol. The summed E-state index contributed by atoms with van der Waals surface area (Å²) in [6.07, 6.45) is 0. The molecule has 1 amide bonds. The normalized spacial score (nSPS) is 18.4. The van der Waals surface area contributed by atoms with Gasteiger partial charge in [0.2, 0.25) is 0 Å². The van der Waals surface area contributed by atoms with Crippen LogP contribution in [0.2, 0.25) is 10.0 Å². The van der Waals surface area contributed by atoms with Crippen molar-refractivity contribution >= 4 is 57.7 Å². The van der Waals surface area contributed by atoms with E-state index in [1.165, 1.54) is 16.2 Å². The van der Waals surface area contributed by atoms with Crippen molar-refractivity contribution in [2.75, 3.05) is 4.90 Å². The van der Waals surface area contributed by atoms with Gasteiger partial charge < -0.3 is 5.11 Å². The van der Waals surface area contributed by atoms with E-state index in [0.29, 0.717) is 21.3 Å². The molecule has 0 saturated carbocycles. The number of anilines is 1. The molecule has 4 rings (SSSR count). The monoisotopic (exact) mass is 443 g/mol. The highest BCUT2D eigenvalue weighted by atomic mass is 35.5. The third-order valence-corrected chi connectivity index (χ3v) is 6.20. The number of aryl methyl sites for hydroxylation is 1. The minimum Gasteiger partial charge on any atom is -0.507 e. The Morgan fingerprint density at radius 1 is 1.03 bits per heavy atom. The molecular formula is C22H15Cl2NO3S. The Balaban J connectivity index is 1.94. The van der Waals surface area contributed by atoms with Crippen molar-refractivity contribution in [1.29, 1.82) is 0 Å². The average Bonchev–Trinajstić information content (AvgIpc) is 3.30. The highest BCUT2D eigenvalue weighted by Crippen LogP contribution is 2.44. The first-order valence-electron chi connectivity index (χ1n) is 8.75. The molecule has 1 N–H and O–H groups in total. The molecule has 1 aliphatic rings. The number of rotatable bonds is 3. The Bertz CT molecular complexity index is 1140. The number of thiophene rings is 1. The number of aliphatic hydroxyl groups excluding tert-OH is 1. The predicted octanol–water partition coefficient (Wildman–Crippen LogP) is 5.99. The third kappa shape index (κ3) is 3.46. The SMILES string of the molecule is Cc1cc(Cl)ccc1N1C(=O)C(=O)/C(=C(\O)c2ccc(Cl)cc2)C1c1cccs1. The molecule has 0 bridgehead atoms. The van der Waals surface area contributed by atoms with Crippen LogP contribution in [0.5, 0.6) is 0 Å². The summed E-state index contributed by atoms with van der Waals surface area (Å²) in [6, 6.07) is 14.6. The van der Waals surface area contributed by atoms with Crippen molar-refractivity contribution < 1.29 is 14.7 Å². The predicted molar refractivity (Wildman–Crippen MR) is 117 cm³/mol. The number of aliphatic hydroxyl groups is 1. The molecule has 0 aliphatic carbocycles. The second-order valence-electron chi connectivity index (χ2n) is 6.62. The van der Waals surface area contributed by atoms with Gasteiger partial charge in [-0.2, -0.15) is 0 Å². The first kappa shape index (κ1) is 19.7. The van der Waals surface area contributed by atoms with Gasteiger partial charge in [0.25, 0.3) is 11.7 Å². The maximum atomic E-state index is 13.0. The highest BCUT2D eigenvalue weighted by Gasteiger charge is 2.47. The van der Waals surface area contributed by atoms with Crippen molar-refractivity contribution in [3.63, 3.8) is 0 Å². The molecule has 2 heterocycles. The largest absolute Gasteiger partial charge is 0.507 e. The van der Waals surface area contributed by atoms with Crippen LogP contribution in [0, 0.1) is 6.92 Å². The van der Waals surface area contributed by atoms with Crippen molar-refractivity contribution in [2.24, 2.45) is 0 Å². The topological polar surface area (TPSA) is 57.6 Å². The molecule has 7 heteroatoms. The van der Waals surface area contributed by atoms with Crippen LogP contribution in [0.4, 0.5) is 5.69 Å². The van der Waals surface area contributed by atoms with Gasteiger partial charge in [-0.3, -0.25) is 14.5 Å². The van der Waals surface area contributed by atoms with E-state index in [-0.39, 0.29) is 11.3 Å². The molecule has 29 heavy (non-hydrogen) atoms. The van der Waals surface area contributed by atoms with Crippen LogP contribution >= 0.6 is 34.5 Å². The van der Waals surface area contributed by atoms with Gasteiger partial charge in [0.05, 0.1) is 5.57 Å². The van der Waals surface area contributed by atoms with Crippen LogP contribution < -0.4 is 4.90 Å². The van der Waals surface area contributed by atoms with Gasteiger partial charge >= 0.3 is 0 Å². The lowest BCUT2D eigenvalue weighted by Gasteiger charge is -2.25. The number of hydrogen-bond acceptors (Lipinski definition) is 4. The van der Waals surface area contributed by atoms with E-state index in [9.17, 15) is 14.7 Å². The number of amides is 1. The maximum absolute atomic E-state index is 13.0. The first-order chi connectivity index (χ1) is 13.9. The molecular weight excluding hydrogens is 429 g/mol. The number of hydrogen-bond donors (Lipinski definition) is 1. The van der Waals surface area contributed by atoms with Crippen molar-refractivity contribution in [2.45, 2.75) is 13.0 Å². The van der Waals surface area contributed by atoms with Crippen LogP contribution in [0.25, 0.3) is 5.76 Å². The second-order valence-corrected chi connectivity index (χ2v) is 8.47. The molecule has 1 saturated heterocycles. The van der Waals surface area contributed by atoms with Crippen molar-refractivity contribution in [3.8, 4) is 0 Å². The van der Waals surface area contributed by atoms with E-state index in [1.54, 1.807) is 42.5 Å². The van der Waals surface area contributed by atoms with Gasteiger partial charge in [-0.15, -0.1) is 11.3 Å². The quantitative estimate of drug-likeness (QED) is 0.307. The van der Waals surface area contributed by atoms with Gasteiger partial charge in [0.15, 0.2) is 0 Å². The van der Waals surface area contributed by atoms with Crippen LogP contribution in [0.15, 0.2) is 65.6 Å². The molecule has 1 aliphatic heterocycles. The zero-order valence-electron chi connectivity index (χ0n) is 15.2. The van der Waals surface area contributed by atoms with E-state index < -0.39 is 17.7 Å². The van der Waals surface area contributed by atoms with E-state index in [2.05, 4.69) is 0 Å². The first-order valence-corrected chi connectivity index (χ1v) is 10.4. The maximum Gasteiger partial charge on any atom is 0.300 e. The second kappa shape index (κ2) is 7.67. The molecule has 1 unspecified atom stereocenters. The number of ketones is 1. The summed E-state index contributed by atoms with van der Waals surface area (Å²) in [4.78, 5) is 28.2. The molecule has 4 nitrogen and oxygen atoms in total. The third-order valence-electron chi connectivity index (χ3n) is 4.79. The number of benzene rings is 2. The van der Waals surface area contributed by atoms with Crippen molar-refractivity contribution in [3.05, 3.63) is 91.6 Å². The lowest BCUT2D eigenvalue weighted by atomic mass is 9.99. The van der Waals surface area contributed by atoms with Gasteiger partial charge in [-0.25, -0.2) is 0 Å². The summed E-state index contributed by atoms with van der Waals surface area (Å²) in [5.41, 5.74) is 1.80. The summed E-state index contributed by atoms with van der Waals surface area (Å²) in [5, 5.41) is 13.9. The minimum atomic E-state index is -0.731. The molecule has 146 valence electrons. The molecule has 1 aromatic heterocycles. The number of carbonyl (C=O) groups is 2. The fourth-order valence-corrected chi connectivity index (χ4v) is 4.63. The van der Waals surface area contributed by atoms with Crippen LogP contribution in [-0.4, -0.2) is 16.8 Å². The molecule has 1 fully saturated rings. The lowest BCUT2D eigenvalue weighted by molar-refractivity contribution is -0.132. The van der Waals surface area contributed by atoms with Crippen molar-refractivity contribution in [1.82, 2.24) is 0 Å². The number of carbonyl (C=O) groups excluding carboxylic acids is 2. The van der Waals surface area contributed by atoms with Crippen LogP contribution in [0.1, 0.15) is 22.0 Å². The van der Waals surface area contributed by atoms with Crippen LogP contribution in [0.3, 0.4) is 0 Å². The van der Waals surface area contributed by atoms with Gasteiger partial charge in [0.1, 0.15) is 11.8 Å². The fourth-order valence-electron chi connectivity index (χ4n) is 3.45. The van der Waals surface area contributed by atoms with Crippen LogP contribution in [-0.2, 0) is 9.59 Å². The molecule has 0 radical (unpaired) electrons. The number of halogens is 2. The summed E-state index contributed by atoms with van der Waals surface area (Å²) in [7, 11) is 0. The molecule has 3 aromatic rings. The Labute approximate surface area is 181 Å². The Kier molecular flexibility index (Phi) is 5.21. The van der Waals surface area contributed by atoms with E-state index in [0.717, 1.165) is 10.4 Å². The summed E-state index contributed by atoms with van der Waals surface area (Å²) in [5.74, 6) is -1.65. The smallest absolute Gasteiger partial charge is 0.300 e.